The molecule has 0 aliphatic heterocycles. The zero-order chi connectivity index (χ0) is 10.4. The Hall–Kier alpha value is -1.71. The highest BCUT2D eigenvalue weighted by molar-refractivity contribution is 5.55. The predicted molar refractivity (Wildman–Crippen MR) is 51.1 cm³/mol. The van der Waals surface area contributed by atoms with Crippen LogP contribution in [0.4, 0.5) is 0 Å². The molecule has 0 aromatic heterocycles. The molecular formula is C10H12O4. The SMILES string of the molecule is COc1cccc(OC)c1OCC=O. The highest BCUT2D eigenvalue weighted by Crippen LogP contribution is 2.36. The molecular weight excluding hydrogens is 184 g/mol. The molecule has 4 nitrogen and oxygen atoms in total. The van der Waals surface area contributed by atoms with Gasteiger partial charge in [0.1, 0.15) is 6.61 Å². The molecule has 0 aliphatic rings. The second kappa shape index (κ2) is 5.11. The molecule has 0 saturated heterocycles. The van der Waals surface area contributed by atoms with E-state index in [4.69, 9.17) is 14.2 Å². The number of carbonyl (C=O) groups is 1. The smallest absolute Gasteiger partial charge is 0.203 e. The van der Waals surface area contributed by atoms with Gasteiger partial charge in [-0.1, -0.05) is 6.07 Å². The number of benzene rings is 1. The van der Waals surface area contributed by atoms with Crippen molar-refractivity contribution in [3.05, 3.63) is 18.2 Å². The van der Waals surface area contributed by atoms with E-state index in [2.05, 4.69) is 0 Å². The van der Waals surface area contributed by atoms with Crippen LogP contribution in [-0.4, -0.2) is 27.1 Å². The molecule has 0 spiro atoms. The van der Waals surface area contributed by atoms with Crippen molar-refractivity contribution in [3.8, 4) is 17.2 Å². The Bertz CT molecular complexity index is 287. The topological polar surface area (TPSA) is 44.8 Å². The lowest BCUT2D eigenvalue weighted by Gasteiger charge is -2.11. The number of aldehydes is 1. The van der Waals surface area contributed by atoms with Gasteiger partial charge >= 0.3 is 0 Å². The summed E-state index contributed by atoms with van der Waals surface area (Å²) < 4.78 is 15.3. The minimum absolute atomic E-state index is 0.0171. The summed E-state index contributed by atoms with van der Waals surface area (Å²) in [6.45, 7) is -0.0171. The number of ether oxygens (including phenoxy) is 3. The normalized spacial score (nSPS) is 9.29. The number of methoxy groups -OCH3 is 2. The first kappa shape index (κ1) is 10.4. The summed E-state index contributed by atoms with van der Waals surface area (Å²) in [6, 6.07) is 5.26. The number of hydrogen-bond donors (Lipinski definition) is 0. The Morgan fingerprint density at radius 3 is 2.21 bits per heavy atom. The summed E-state index contributed by atoms with van der Waals surface area (Å²) in [7, 11) is 3.06. The van der Waals surface area contributed by atoms with Crippen LogP contribution >= 0.6 is 0 Å². The molecule has 1 rings (SSSR count). The van der Waals surface area contributed by atoms with Crippen LogP contribution in [0.2, 0.25) is 0 Å². The van der Waals surface area contributed by atoms with Gasteiger partial charge in [-0.25, -0.2) is 0 Å². The molecule has 14 heavy (non-hydrogen) atoms. The maximum atomic E-state index is 10.2. The van der Waals surface area contributed by atoms with Gasteiger partial charge in [0, 0.05) is 0 Å². The third-order valence-electron chi connectivity index (χ3n) is 1.68. The molecule has 0 N–H and O–H groups in total. The molecule has 76 valence electrons. The van der Waals surface area contributed by atoms with Gasteiger partial charge in [0.15, 0.2) is 17.8 Å². The summed E-state index contributed by atoms with van der Waals surface area (Å²) in [5.74, 6) is 1.54. The largest absolute Gasteiger partial charge is 0.493 e. The van der Waals surface area contributed by atoms with Gasteiger partial charge in [0.2, 0.25) is 5.75 Å². The van der Waals surface area contributed by atoms with Crippen LogP contribution in [0.25, 0.3) is 0 Å². The average Bonchev–Trinajstić information content (AvgIpc) is 2.25. The number of para-hydroxylation sites is 1. The van der Waals surface area contributed by atoms with E-state index in [9.17, 15) is 4.79 Å². The maximum Gasteiger partial charge on any atom is 0.203 e. The third-order valence-corrected chi connectivity index (χ3v) is 1.68. The molecule has 0 aliphatic carbocycles. The highest BCUT2D eigenvalue weighted by atomic mass is 16.5. The lowest BCUT2D eigenvalue weighted by molar-refractivity contribution is -0.109. The third kappa shape index (κ3) is 2.16. The monoisotopic (exact) mass is 196 g/mol. The van der Waals surface area contributed by atoms with Gasteiger partial charge in [0.05, 0.1) is 14.2 Å². The average molecular weight is 196 g/mol. The summed E-state index contributed by atoms with van der Waals surface area (Å²) in [5, 5.41) is 0. The van der Waals surface area contributed by atoms with E-state index in [1.807, 2.05) is 0 Å². The molecule has 0 atom stereocenters. The molecule has 0 fully saturated rings. The van der Waals surface area contributed by atoms with Gasteiger partial charge < -0.3 is 14.2 Å². The van der Waals surface area contributed by atoms with Gasteiger partial charge in [-0.15, -0.1) is 0 Å². The molecule has 4 heteroatoms. The van der Waals surface area contributed by atoms with Gasteiger partial charge in [0.25, 0.3) is 0 Å². The van der Waals surface area contributed by atoms with Gasteiger partial charge in [-0.05, 0) is 12.1 Å². The van der Waals surface area contributed by atoms with E-state index in [0.29, 0.717) is 23.5 Å². The van der Waals surface area contributed by atoms with Crippen molar-refractivity contribution < 1.29 is 19.0 Å². The summed E-state index contributed by atoms with van der Waals surface area (Å²) in [4.78, 5) is 10.2. The Labute approximate surface area is 82.4 Å². The van der Waals surface area contributed by atoms with Crippen molar-refractivity contribution in [3.63, 3.8) is 0 Å². The predicted octanol–water partition coefficient (Wildman–Crippen LogP) is 1.28. The van der Waals surface area contributed by atoms with E-state index in [1.165, 1.54) is 14.2 Å². The minimum Gasteiger partial charge on any atom is -0.493 e. The molecule has 0 amide bonds. The fourth-order valence-electron chi connectivity index (χ4n) is 1.08. The molecule has 0 radical (unpaired) electrons. The van der Waals surface area contributed by atoms with Crippen LogP contribution in [-0.2, 0) is 4.79 Å². The first-order valence-electron chi connectivity index (χ1n) is 4.11. The number of hydrogen-bond acceptors (Lipinski definition) is 4. The van der Waals surface area contributed by atoms with Crippen LogP contribution in [0.5, 0.6) is 17.2 Å². The second-order valence-corrected chi connectivity index (χ2v) is 2.47. The van der Waals surface area contributed by atoms with E-state index >= 15 is 0 Å². The fraction of sp³-hybridized carbons (Fsp3) is 0.300. The minimum atomic E-state index is -0.0171. The van der Waals surface area contributed by atoms with Crippen molar-refractivity contribution in [1.29, 1.82) is 0 Å². The second-order valence-electron chi connectivity index (χ2n) is 2.47. The molecule has 1 aromatic rings. The summed E-state index contributed by atoms with van der Waals surface area (Å²) in [5.41, 5.74) is 0. The van der Waals surface area contributed by atoms with E-state index < -0.39 is 0 Å². The molecule has 0 saturated carbocycles. The lowest BCUT2D eigenvalue weighted by Crippen LogP contribution is -2.01. The van der Waals surface area contributed by atoms with Crippen molar-refractivity contribution in [2.75, 3.05) is 20.8 Å². The standard InChI is InChI=1S/C10H12O4/c1-12-8-4-3-5-9(13-2)10(8)14-7-6-11/h3-6H,7H2,1-2H3. The Morgan fingerprint density at radius 2 is 1.79 bits per heavy atom. The molecule has 0 heterocycles. The summed E-state index contributed by atoms with van der Waals surface area (Å²) >= 11 is 0. The Balaban J connectivity index is 2.99. The van der Waals surface area contributed by atoms with Crippen LogP contribution in [0, 0.1) is 0 Å². The zero-order valence-electron chi connectivity index (χ0n) is 8.15. The van der Waals surface area contributed by atoms with E-state index in [1.54, 1.807) is 18.2 Å². The molecule has 0 bridgehead atoms. The number of rotatable bonds is 5. The van der Waals surface area contributed by atoms with E-state index in [0.717, 1.165) is 0 Å². The fourth-order valence-corrected chi connectivity index (χ4v) is 1.08. The zero-order valence-corrected chi connectivity index (χ0v) is 8.15. The van der Waals surface area contributed by atoms with Crippen LogP contribution < -0.4 is 14.2 Å². The quantitative estimate of drug-likeness (QED) is 0.665. The molecule has 1 aromatic carbocycles. The lowest BCUT2D eigenvalue weighted by atomic mass is 10.3. The van der Waals surface area contributed by atoms with Crippen LogP contribution in [0.1, 0.15) is 0 Å². The van der Waals surface area contributed by atoms with Crippen molar-refractivity contribution >= 4 is 6.29 Å². The van der Waals surface area contributed by atoms with Crippen LogP contribution in [0.15, 0.2) is 18.2 Å². The first-order chi connectivity index (χ1) is 6.83. The van der Waals surface area contributed by atoms with Crippen LogP contribution in [0.3, 0.4) is 0 Å². The Kier molecular flexibility index (Phi) is 3.79. The van der Waals surface area contributed by atoms with Crippen molar-refractivity contribution in [2.24, 2.45) is 0 Å². The first-order valence-corrected chi connectivity index (χ1v) is 4.11. The molecule has 0 unspecified atom stereocenters. The highest BCUT2D eigenvalue weighted by Gasteiger charge is 2.10. The van der Waals surface area contributed by atoms with Crippen molar-refractivity contribution in [1.82, 2.24) is 0 Å². The summed E-state index contributed by atoms with van der Waals surface area (Å²) in [6.07, 6.45) is 0.672. The van der Waals surface area contributed by atoms with Gasteiger partial charge in [-0.3, -0.25) is 4.79 Å². The van der Waals surface area contributed by atoms with Gasteiger partial charge in [-0.2, -0.15) is 0 Å². The maximum absolute atomic E-state index is 10.2. The number of carbonyl (C=O) groups excluding carboxylic acids is 1. The Morgan fingerprint density at radius 1 is 1.21 bits per heavy atom. The van der Waals surface area contributed by atoms with E-state index in [-0.39, 0.29) is 6.61 Å². The van der Waals surface area contributed by atoms with Crippen molar-refractivity contribution in [2.45, 2.75) is 0 Å².